The van der Waals surface area contributed by atoms with Gasteiger partial charge in [-0.05, 0) is 44.4 Å². The van der Waals surface area contributed by atoms with Crippen LogP contribution in [0.4, 0.5) is 10.5 Å². The molecular formula is C14H20N2O2. The number of ether oxygens (including phenoxy) is 1. The summed E-state index contributed by atoms with van der Waals surface area (Å²) in [5.41, 5.74) is 7.52. The third-order valence-electron chi connectivity index (χ3n) is 2.90. The fourth-order valence-electron chi connectivity index (χ4n) is 1.85. The highest BCUT2D eigenvalue weighted by Crippen LogP contribution is 2.32. The van der Waals surface area contributed by atoms with E-state index in [4.69, 9.17) is 10.5 Å². The maximum absolute atomic E-state index is 12.1. The van der Waals surface area contributed by atoms with E-state index in [1.54, 1.807) is 4.90 Å². The smallest absolute Gasteiger partial charge is 0.414 e. The van der Waals surface area contributed by atoms with Crippen molar-refractivity contribution in [2.24, 2.45) is 5.73 Å². The summed E-state index contributed by atoms with van der Waals surface area (Å²) in [6, 6.07) is 8.06. The Balaban J connectivity index is 2.15. The van der Waals surface area contributed by atoms with Crippen molar-refractivity contribution >= 4 is 11.8 Å². The zero-order valence-electron chi connectivity index (χ0n) is 10.9. The molecule has 1 aliphatic rings. The van der Waals surface area contributed by atoms with E-state index >= 15 is 0 Å². The predicted molar refractivity (Wildman–Crippen MR) is 71.5 cm³/mol. The molecule has 0 aliphatic heterocycles. The first-order valence-electron chi connectivity index (χ1n) is 6.40. The van der Waals surface area contributed by atoms with E-state index in [-0.39, 0.29) is 12.2 Å². The van der Waals surface area contributed by atoms with E-state index in [1.165, 1.54) is 0 Å². The third-order valence-corrected chi connectivity index (χ3v) is 2.90. The van der Waals surface area contributed by atoms with E-state index in [0.717, 1.165) is 24.1 Å². The first kappa shape index (κ1) is 12.9. The van der Waals surface area contributed by atoms with E-state index < -0.39 is 0 Å². The molecule has 4 nitrogen and oxygen atoms in total. The molecule has 1 aromatic carbocycles. The number of nitrogens with two attached hydrogens (primary N) is 1. The Labute approximate surface area is 108 Å². The fraction of sp³-hybridized carbons (Fsp3) is 0.500. The van der Waals surface area contributed by atoms with Crippen LogP contribution in [0.15, 0.2) is 24.3 Å². The van der Waals surface area contributed by atoms with Crippen molar-refractivity contribution in [3.63, 3.8) is 0 Å². The van der Waals surface area contributed by atoms with Gasteiger partial charge in [0.2, 0.25) is 0 Å². The Morgan fingerprint density at radius 3 is 2.44 bits per heavy atom. The third kappa shape index (κ3) is 3.01. The van der Waals surface area contributed by atoms with Crippen LogP contribution in [0.1, 0.15) is 32.3 Å². The van der Waals surface area contributed by atoms with Crippen molar-refractivity contribution in [2.75, 3.05) is 4.90 Å². The van der Waals surface area contributed by atoms with Gasteiger partial charge in [-0.1, -0.05) is 12.1 Å². The molecule has 0 unspecified atom stereocenters. The van der Waals surface area contributed by atoms with Crippen LogP contribution in [0, 0.1) is 0 Å². The van der Waals surface area contributed by atoms with Crippen LogP contribution in [0.2, 0.25) is 0 Å². The highest BCUT2D eigenvalue weighted by atomic mass is 16.6. The molecule has 18 heavy (non-hydrogen) atoms. The number of carbonyl (C=O) groups is 1. The van der Waals surface area contributed by atoms with Crippen LogP contribution < -0.4 is 10.6 Å². The summed E-state index contributed by atoms with van der Waals surface area (Å²) in [5, 5.41) is 0. The summed E-state index contributed by atoms with van der Waals surface area (Å²) in [7, 11) is 0. The van der Waals surface area contributed by atoms with Crippen molar-refractivity contribution in [3.05, 3.63) is 29.8 Å². The summed E-state index contributed by atoms with van der Waals surface area (Å²) < 4.78 is 5.29. The molecule has 1 aliphatic carbocycles. The second kappa shape index (κ2) is 5.40. The molecule has 0 atom stereocenters. The molecule has 4 heteroatoms. The molecule has 98 valence electrons. The number of benzene rings is 1. The minimum atomic E-state index is -0.256. The van der Waals surface area contributed by atoms with Crippen molar-refractivity contribution in [1.29, 1.82) is 0 Å². The molecule has 1 aromatic rings. The van der Waals surface area contributed by atoms with Gasteiger partial charge in [-0.15, -0.1) is 0 Å². The molecule has 0 radical (unpaired) electrons. The van der Waals surface area contributed by atoms with Gasteiger partial charge in [-0.3, -0.25) is 4.90 Å². The van der Waals surface area contributed by atoms with Crippen LogP contribution >= 0.6 is 0 Å². The minimum Gasteiger partial charge on any atom is -0.446 e. The Hall–Kier alpha value is -1.55. The zero-order chi connectivity index (χ0) is 13.1. The Morgan fingerprint density at radius 2 is 2.00 bits per heavy atom. The van der Waals surface area contributed by atoms with E-state index in [2.05, 4.69) is 0 Å². The first-order chi connectivity index (χ1) is 8.61. The Kier molecular flexibility index (Phi) is 3.87. The number of nitrogens with zero attached hydrogens (tertiary/aromatic N) is 1. The molecule has 2 rings (SSSR count). The minimum absolute atomic E-state index is 0.0953. The van der Waals surface area contributed by atoms with Crippen molar-refractivity contribution < 1.29 is 9.53 Å². The molecule has 1 saturated carbocycles. The number of hydrogen-bond donors (Lipinski definition) is 1. The molecule has 0 spiro atoms. The van der Waals surface area contributed by atoms with Gasteiger partial charge in [0.1, 0.15) is 0 Å². The highest BCUT2D eigenvalue weighted by Gasteiger charge is 2.35. The topological polar surface area (TPSA) is 55.6 Å². The lowest BCUT2D eigenvalue weighted by Crippen LogP contribution is -2.35. The second-order valence-electron chi connectivity index (χ2n) is 4.90. The van der Waals surface area contributed by atoms with Crippen molar-refractivity contribution in [3.8, 4) is 0 Å². The number of amides is 1. The van der Waals surface area contributed by atoms with Crippen LogP contribution in [0.5, 0.6) is 0 Å². The van der Waals surface area contributed by atoms with Crippen LogP contribution in [-0.2, 0) is 11.3 Å². The lowest BCUT2D eigenvalue weighted by Gasteiger charge is -2.23. The fourth-order valence-corrected chi connectivity index (χ4v) is 1.85. The summed E-state index contributed by atoms with van der Waals surface area (Å²) in [6.45, 7) is 4.24. The van der Waals surface area contributed by atoms with Gasteiger partial charge < -0.3 is 10.5 Å². The van der Waals surface area contributed by atoms with E-state index in [1.807, 2.05) is 38.1 Å². The molecule has 2 N–H and O–H groups in total. The summed E-state index contributed by atoms with van der Waals surface area (Å²) in [4.78, 5) is 13.8. The van der Waals surface area contributed by atoms with Crippen LogP contribution in [-0.4, -0.2) is 18.2 Å². The summed E-state index contributed by atoms with van der Waals surface area (Å²) in [5.74, 6) is 0. The summed E-state index contributed by atoms with van der Waals surface area (Å²) >= 11 is 0. The van der Waals surface area contributed by atoms with Gasteiger partial charge >= 0.3 is 6.09 Å². The largest absolute Gasteiger partial charge is 0.446 e. The lowest BCUT2D eigenvalue weighted by molar-refractivity contribution is 0.122. The number of rotatable bonds is 4. The van der Waals surface area contributed by atoms with Crippen molar-refractivity contribution in [2.45, 2.75) is 45.4 Å². The summed E-state index contributed by atoms with van der Waals surface area (Å²) in [6.07, 6.45) is 1.74. The van der Waals surface area contributed by atoms with Gasteiger partial charge in [-0.2, -0.15) is 0 Å². The van der Waals surface area contributed by atoms with Gasteiger partial charge in [-0.25, -0.2) is 4.79 Å². The van der Waals surface area contributed by atoms with E-state index in [9.17, 15) is 4.79 Å². The maximum atomic E-state index is 12.1. The highest BCUT2D eigenvalue weighted by molar-refractivity contribution is 5.89. The number of anilines is 1. The predicted octanol–water partition coefficient (Wildman–Crippen LogP) is 2.66. The van der Waals surface area contributed by atoms with Gasteiger partial charge in [0, 0.05) is 18.3 Å². The lowest BCUT2D eigenvalue weighted by atomic mass is 10.2. The number of hydrogen-bond acceptors (Lipinski definition) is 3. The normalized spacial score (nSPS) is 14.7. The maximum Gasteiger partial charge on any atom is 0.414 e. The molecular weight excluding hydrogens is 228 g/mol. The Morgan fingerprint density at radius 1 is 1.39 bits per heavy atom. The quantitative estimate of drug-likeness (QED) is 0.891. The van der Waals surface area contributed by atoms with E-state index in [0.29, 0.717) is 12.6 Å². The van der Waals surface area contributed by atoms with Gasteiger partial charge in [0.05, 0.1) is 6.10 Å². The standard InChI is InChI=1S/C14H20N2O2/c1-10(2)18-14(17)16(13-7-8-13)12-5-3-11(9-15)4-6-12/h3-6,10,13H,7-9,15H2,1-2H3. The van der Waals surface area contributed by atoms with Gasteiger partial charge in [0.15, 0.2) is 0 Å². The van der Waals surface area contributed by atoms with Gasteiger partial charge in [0.25, 0.3) is 0 Å². The molecule has 1 amide bonds. The van der Waals surface area contributed by atoms with Crippen molar-refractivity contribution in [1.82, 2.24) is 0 Å². The molecule has 0 saturated heterocycles. The average molecular weight is 248 g/mol. The SMILES string of the molecule is CC(C)OC(=O)N(c1ccc(CN)cc1)C1CC1. The molecule has 1 fully saturated rings. The Bertz CT molecular complexity index is 410. The van der Waals surface area contributed by atoms with Crippen LogP contribution in [0.25, 0.3) is 0 Å². The first-order valence-corrected chi connectivity index (χ1v) is 6.40. The molecule has 0 heterocycles. The molecule has 0 bridgehead atoms. The monoisotopic (exact) mass is 248 g/mol. The zero-order valence-corrected chi connectivity index (χ0v) is 10.9. The average Bonchev–Trinajstić information content (AvgIpc) is 3.14. The number of carbonyl (C=O) groups excluding carboxylic acids is 1. The second-order valence-corrected chi connectivity index (χ2v) is 4.90. The van der Waals surface area contributed by atoms with Crippen LogP contribution in [0.3, 0.4) is 0 Å². The molecule has 0 aromatic heterocycles.